The second-order valence-corrected chi connectivity index (χ2v) is 3.27. The van der Waals surface area contributed by atoms with Gasteiger partial charge in [0.15, 0.2) is 0 Å². The summed E-state index contributed by atoms with van der Waals surface area (Å²) in [5, 5.41) is 8.33. The first-order valence-electron chi connectivity index (χ1n) is 5.14. The summed E-state index contributed by atoms with van der Waals surface area (Å²) in [6.07, 6.45) is 11.3. The van der Waals surface area contributed by atoms with Crippen LogP contribution in [0.1, 0.15) is 51.9 Å². The second kappa shape index (κ2) is 9.30. The van der Waals surface area contributed by atoms with Crippen LogP contribution in [0.2, 0.25) is 0 Å². The van der Waals surface area contributed by atoms with Crippen molar-refractivity contribution in [3.05, 3.63) is 12.2 Å². The van der Waals surface area contributed by atoms with Gasteiger partial charge in [0.2, 0.25) is 0 Å². The first-order valence-corrected chi connectivity index (χ1v) is 5.14. The van der Waals surface area contributed by atoms with E-state index in [1.54, 1.807) is 6.08 Å². The van der Waals surface area contributed by atoms with E-state index in [4.69, 9.17) is 5.11 Å². The molecule has 0 aliphatic carbocycles. The van der Waals surface area contributed by atoms with Gasteiger partial charge in [-0.2, -0.15) is 0 Å². The van der Waals surface area contributed by atoms with Crippen LogP contribution in [-0.2, 0) is 4.79 Å². The third-order valence-electron chi connectivity index (χ3n) is 1.93. The molecule has 1 N–H and O–H groups in total. The maximum atomic E-state index is 10.1. The fourth-order valence-electron chi connectivity index (χ4n) is 1.17. The number of hydrogen-bond donors (Lipinski definition) is 1. The summed E-state index contributed by atoms with van der Waals surface area (Å²) in [6, 6.07) is 0. The Hall–Kier alpha value is -0.790. The lowest BCUT2D eigenvalue weighted by molar-refractivity contribution is -0.136. The lowest BCUT2D eigenvalue weighted by Gasteiger charge is -1.95. The summed E-state index contributed by atoms with van der Waals surface area (Å²) >= 11 is 0. The molecular formula is C11H20O2. The summed E-state index contributed by atoms with van der Waals surface area (Å²) in [5.74, 6) is -0.748. The molecule has 0 aromatic rings. The molecular weight excluding hydrogens is 164 g/mol. The summed E-state index contributed by atoms with van der Waals surface area (Å²) in [7, 11) is 0. The molecule has 0 rings (SSSR count). The van der Waals surface area contributed by atoms with Crippen LogP contribution in [0, 0.1) is 0 Å². The second-order valence-electron chi connectivity index (χ2n) is 3.27. The molecule has 0 aromatic carbocycles. The predicted molar refractivity (Wildman–Crippen MR) is 54.8 cm³/mol. The Morgan fingerprint density at radius 1 is 1.15 bits per heavy atom. The number of allylic oxidation sites excluding steroid dienone is 1. The molecule has 0 heterocycles. The van der Waals surface area contributed by atoms with Crippen molar-refractivity contribution in [2.75, 3.05) is 0 Å². The van der Waals surface area contributed by atoms with Crippen LogP contribution in [0.5, 0.6) is 0 Å². The van der Waals surface area contributed by atoms with Crippen molar-refractivity contribution in [3.8, 4) is 0 Å². The van der Waals surface area contributed by atoms with Gasteiger partial charge in [0.1, 0.15) is 0 Å². The van der Waals surface area contributed by atoms with Crippen LogP contribution >= 0.6 is 0 Å². The molecule has 0 aliphatic rings. The summed E-state index contributed by atoms with van der Waals surface area (Å²) < 4.78 is 0. The van der Waals surface area contributed by atoms with Gasteiger partial charge in [-0.3, -0.25) is 4.79 Å². The third kappa shape index (κ3) is 11.2. The average molecular weight is 184 g/mol. The van der Waals surface area contributed by atoms with Crippen LogP contribution < -0.4 is 0 Å². The predicted octanol–water partition coefficient (Wildman–Crippen LogP) is 3.38. The van der Waals surface area contributed by atoms with E-state index in [2.05, 4.69) is 6.92 Å². The highest BCUT2D eigenvalue weighted by Gasteiger charge is 1.89. The molecule has 0 amide bonds. The van der Waals surface area contributed by atoms with E-state index < -0.39 is 5.97 Å². The monoisotopic (exact) mass is 184 g/mol. The molecule has 2 heteroatoms. The van der Waals surface area contributed by atoms with Crippen molar-refractivity contribution in [2.45, 2.75) is 51.9 Å². The fraction of sp³-hybridized carbons (Fsp3) is 0.727. The smallest absolute Gasteiger partial charge is 0.307 e. The summed E-state index contributed by atoms with van der Waals surface area (Å²) in [4.78, 5) is 10.1. The van der Waals surface area contributed by atoms with Crippen molar-refractivity contribution in [1.29, 1.82) is 0 Å². The van der Waals surface area contributed by atoms with Gasteiger partial charge < -0.3 is 5.11 Å². The van der Waals surface area contributed by atoms with Crippen molar-refractivity contribution >= 4 is 5.97 Å². The van der Waals surface area contributed by atoms with Gasteiger partial charge in [0, 0.05) is 0 Å². The summed E-state index contributed by atoms with van der Waals surface area (Å²) in [6.45, 7) is 2.20. The Morgan fingerprint density at radius 2 is 1.85 bits per heavy atom. The van der Waals surface area contributed by atoms with E-state index in [0.29, 0.717) is 0 Å². The van der Waals surface area contributed by atoms with Crippen LogP contribution in [0.15, 0.2) is 12.2 Å². The zero-order valence-corrected chi connectivity index (χ0v) is 8.46. The van der Waals surface area contributed by atoms with Gasteiger partial charge in [0.05, 0.1) is 6.42 Å². The number of aliphatic carboxylic acids is 1. The SMILES string of the molecule is CCCCCCCC=CCC(=O)O. The number of carbonyl (C=O) groups is 1. The van der Waals surface area contributed by atoms with Crippen LogP contribution in [0.25, 0.3) is 0 Å². The Kier molecular flexibility index (Phi) is 8.73. The highest BCUT2D eigenvalue weighted by Crippen LogP contribution is 2.05. The topological polar surface area (TPSA) is 37.3 Å². The molecule has 0 fully saturated rings. The van der Waals surface area contributed by atoms with Gasteiger partial charge in [-0.25, -0.2) is 0 Å². The normalized spacial score (nSPS) is 10.8. The quantitative estimate of drug-likeness (QED) is 0.464. The molecule has 0 radical (unpaired) electrons. The van der Waals surface area contributed by atoms with Gasteiger partial charge in [-0.05, 0) is 12.8 Å². The van der Waals surface area contributed by atoms with E-state index in [0.717, 1.165) is 6.42 Å². The van der Waals surface area contributed by atoms with E-state index in [1.807, 2.05) is 6.08 Å². The lowest BCUT2D eigenvalue weighted by atomic mass is 10.1. The molecule has 0 unspecified atom stereocenters. The standard InChI is InChI=1S/C11H20O2/c1-2-3-4-5-6-7-8-9-10-11(12)13/h8-9H,2-7,10H2,1H3,(H,12,13). The van der Waals surface area contributed by atoms with Crippen LogP contribution in [0.4, 0.5) is 0 Å². The molecule has 0 bridgehead atoms. The molecule has 0 aromatic heterocycles. The average Bonchev–Trinajstić information content (AvgIpc) is 2.09. The van der Waals surface area contributed by atoms with E-state index in [1.165, 1.54) is 32.1 Å². The third-order valence-corrected chi connectivity index (χ3v) is 1.93. The number of rotatable bonds is 8. The van der Waals surface area contributed by atoms with Gasteiger partial charge >= 0.3 is 5.97 Å². The Labute approximate surface area is 80.7 Å². The zero-order valence-electron chi connectivity index (χ0n) is 8.46. The van der Waals surface area contributed by atoms with Gasteiger partial charge in [-0.1, -0.05) is 44.8 Å². The first-order chi connectivity index (χ1) is 6.27. The highest BCUT2D eigenvalue weighted by molar-refractivity contribution is 5.68. The van der Waals surface area contributed by atoms with Crippen LogP contribution in [0.3, 0.4) is 0 Å². The maximum absolute atomic E-state index is 10.1. The molecule has 0 atom stereocenters. The Morgan fingerprint density at radius 3 is 2.46 bits per heavy atom. The Balaban J connectivity index is 3.06. The van der Waals surface area contributed by atoms with E-state index in [9.17, 15) is 4.79 Å². The molecule has 76 valence electrons. The molecule has 13 heavy (non-hydrogen) atoms. The zero-order chi connectivity index (χ0) is 9.94. The van der Waals surface area contributed by atoms with E-state index in [-0.39, 0.29) is 6.42 Å². The molecule has 2 nitrogen and oxygen atoms in total. The highest BCUT2D eigenvalue weighted by atomic mass is 16.4. The van der Waals surface area contributed by atoms with Crippen LogP contribution in [-0.4, -0.2) is 11.1 Å². The number of carboxylic acids is 1. The van der Waals surface area contributed by atoms with Crippen molar-refractivity contribution in [2.24, 2.45) is 0 Å². The number of hydrogen-bond acceptors (Lipinski definition) is 1. The minimum atomic E-state index is -0.748. The Bertz CT molecular complexity index is 150. The van der Waals surface area contributed by atoms with Crippen molar-refractivity contribution < 1.29 is 9.90 Å². The molecule has 0 saturated heterocycles. The van der Waals surface area contributed by atoms with Crippen molar-refractivity contribution in [3.63, 3.8) is 0 Å². The van der Waals surface area contributed by atoms with Gasteiger partial charge in [0.25, 0.3) is 0 Å². The molecule has 0 spiro atoms. The first kappa shape index (κ1) is 12.2. The maximum Gasteiger partial charge on any atom is 0.307 e. The van der Waals surface area contributed by atoms with Crippen molar-refractivity contribution in [1.82, 2.24) is 0 Å². The van der Waals surface area contributed by atoms with E-state index >= 15 is 0 Å². The molecule has 0 aliphatic heterocycles. The number of unbranched alkanes of at least 4 members (excludes halogenated alkanes) is 5. The molecule has 0 saturated carbocycles. The largest absolute Gasteiger partial charge is 0.481 e. The minimum Gasteiger partial charge on any atom is -0.481 e. The number of carboxylic acid groups (broad SMARTS) is 1. The fourth-order valence-corrected chi connectivity index (χ4v) is 1.17. The van der Waals surface area contributed by atoms with Gasteiger partial charge in [-0.15, -0.1) is 0 Å². The minimum absolute atomic E-state index is 0.162. The lowest BCUT2D eigenvalue weighted by Crippen LogP contribution is -1.89. The summed E-state index contributed by atoms with van der Waals surface area (Å²) in [5.41, 5.74) is 0.